The molecule has 1 aromatic carbocycles. The van der Waals surface area contributed by atoms with E-state index >= 15 is 0 Å². The van der Waals surface area contributed by atoms with E-state index in [9.17, 15) is 8.42 Å². The first-order chi connectivity index (χ1) is 7.94. The van der Waals surface area contributed by atoms with E-state index in [4.69, 9.17) is 28.9 Å². The molecule has 0 aliphatic carbocycles. The van der Waals surface area contributed by atoms with Crippen molar-refractivity contribution in [3.05, 3.63) is 33.8 Å². The zero-order valence-electron chi connectivity index (χ0n) is 9.53. The van der Waals surface area contributed by atoms with Crippen LogP contribution >= 0.6 is 35.6 Å². The summed E-state index contributed by atoms with van der Waals surface area (Å²) in [5.41, 5.74) is 5.88. The van der Waals surface area contributed by atoms with Crippen molar-refractivity contribution in [3.63, 3.8) is 0 Å². The van der Waals surface area contributed by atoms with Crippen molar-refractivity contribution in [2.24, 2.45) is 5.73 Å². The van der Waals surface area contributed by atoms with Crippen LogP contribution in [0.15, 0.2) is 18.2 Å². The summed E-state index contributed by atoms with van der Waals surface area (Å²) in [4.78, 5) is 0. The lowest BCUT2D eigenvalue weighted by atomic mass is 10.2. The van der Waals surface area contributed by atoms with E-state index in [-0.39, 0.29) is 18.2 Å². The first-order valence-corrected chi connectivity index (χ1v) is 7.47. The van der Waals surface area contributed by atoms with Gasteiger partial charge in [-0.1, -0.05) is 29.3 Å². The first kappa shape index (κ1) is 18.0. The van der Waals surface area contributed by atoms with Crippen LogP contribution in [0.1, 0.15) is 12.0 Å². The molecular formula is C10H15Cl3N2O2S. The summed E-state index contributed by atoms with van der Waals surface area (Å²) in [7, 11) is -3.34. The molecular weight excluding hydrogens is 319 g/mol. The molecule has 0 radical (unpaired) electrons. The second-order valence-corrected chi connectivity index (χ2v) is 6.17. The molecule has 0 saturated heterocycles. The van der Waals surface area contributed by atoms with Crippen molar-refractivity contribution in [1.82, 2.24) is 4.72 Å². The van der Waals surface area contributed by atoms with E-state index in [0.717, 1.165) is 0 Å². The van der Waals surface area contributed by atoms with E-state index in [1.807, 2.05) is 0 Å². The molecule has 0 fully saturated rings. The van der Waals surface area contributed by atoms with Crippen molar-refractivity contribution in [1.29, 1.82) is 0 Å². The summed E-state index contributed by atoms with van der Waals surface area (Å²) in [5.74, 6) is -0.117. The van der Waals surface area contributed by atoms with Gasteiger partial charge in [-0.3, -0.25) is 0 Å². The lowest BCUT2D eigenvalue weighted by Crippen LogP contribution is -2.27. The number of hydrogen-bond donors (Lipinski definition) is 2. The summed E-state index contributed by atoms with van der Waals surface area (Å²) < 4.78 is 25.7. The van der Waals surface area contributed by atoms with Crippen molar-refractivity contribution < 1.29 is 8.42 Å². The van der Waals surface area contributed by atoms with Gasteiger partial charge in [0.1, 0.15) is 0 Å². The van der Waals surface area contributed by atoms with Gasteiger partial charge in [-0.25, -0.2) is 13.1 Å². The molecule has 0 saturated carbocycles. The number of halogens is 3. The highest BCUT2D eigenvalue weighted by Gasteiger charge is 2.11. The Hall–Kier alpha value is -0.0400. The second-order valence-electron chi connectivity index (χ2n) is 3.54. The van der Waals surface area contributed by atoms with E-state index < -0.39 is 10.0 Å². The first-order valence-electron chi connectivity index (χ1n) is 5.06. The van der Waals surface area contributed by atoms with Crippen molar-refractivity contribution in [3.8, 4) is 0 Å². The van der Waals surface area contributed by atoms with Crippen LogP contribution in [-0.2, 0) is 15.8 Å². The van der Waals surface area contributed by atoms with Crippen LogP contribution in [0.2, 0.25) is 10.0 Å². The number of benzene rings is 1. The van der Waals surface area contributed by atoms with Gasteiger partial charge < -0.3 is 5.73 Å². The molecule has 0 heterocycles. The zero-order chi connectivity index (χ0) is 12.9. The molecule has 0 spiro atoms. The fourth-order valence-electron chi connectivity index (χ4n) is 1.23. The molecule has 8 heteroatoms. The molecule has 1 rings (SSSR count). The van der Waals surface area contributed by atoms with Crippen molar-refractivity contribution in [2.45, 2.75) is 12.2 Å². The highest BCUT2D eigenvalue weighted by molar-refractivity contribution is 7.88. The Balaban J connectivity index is 0.00000289. The predicted molar refractivity (Wildman–Crippen MR) is 78.0 cm³/mol. The van der Waals surface area contributed by atoms with Crippen LogP contribution in [0.3, 0.4) is 0 Å². The molecule has 0 bridgehead atoms. The summed E-state index contributed by atoms with van der Waals surface area (Å²) in [6.07, 6.45) is 0.612. The van der Waals surface area contributed by atoms with E-state index in [0.29, 0.717) is 35.1 Å². The Morgan fingerprint density at radius 2 is 1.89 bits per heavy atom. The third-order valence-electron chi connectivity index (χ3n) is 2.04. The fraction of sp³-hybridized carbons (Fsp3) is 0.400. The molecule has 0 unspecified atom stereocenters. The highest BCUT2D eigenvalue weighted by Crippen LogP contribution is 2.23. The molecule has 0 aliphatic heterocycles. The van der Waals surface area contributed by atoms with Gasteiger partial charge in [0, 0.05) is 6.54 Å². The minimum Gasteiger partial charge on any atom is -0.330 e. The normalized spacial score (nSPS) is 11.1. The van der Waals surface area contributed by atoms with Crippen LogP contribution in [0, 0.1) is 0 Å². The van der Waals surface area contributed by atoms with Crippen LogP contribution in [0.4, 0.5) is 0 Å². The van der Waals surface area contributed by atoms with Crippen molar-refractivity contribution >= 4 is 45.6 Å². The third-order valence-corrected chi connectivity index (χ3v) is 4.14. The lowest BCUT2D eigenvalue weighted by molar-refractivity contribution is 0.578. The zero-order valence-corrected chi connectivity index (χ0v) is 12.7. The second kappa shape index (κ2) is 8.19. The van der Waals surface area contributed by atoms with Gasteiger partial charge in [-0.05, 0) is 30.7 Å². The van der Waals surface area contributed by atoms with E-state index in [1.54, 1.807) is 18.2 Å². The van der Waals surface area contributed by atoms with Gasteiger partial charge >= 0.3 is 0 Å². The Labute approximate surface area is 123 Å². The lowest BCUT2D eigenvalue weighted by Gasteiger charge is -2.06. The monoisotopic (exact) mass is 332 g/mol. The predicted octanol–water partition coefficient (Wildman–Crippen LogP) is 2.18. The standard InChI is InChI=1S/C10H14Cl2N2O2S.ClH/c11-9-3-2-8(6-10(9)12)7-17(15,16)14-5-1-4-13;/h2-3,6,14H,1,4-5,7,13H2;1H. The average Bonchev–Trinajstić information content (AvgIpc) is 2.23. The van der Waals surface area contributed by atoms with Gasteiger partial charge in [0.05, 0.1) is 15.8 Å². The van der Waals surface area contributed by atoms with Crippen molar-refractivity contribution in [2.75, 3.05) is 13.1 Å². The molecule has 1 aromatic rings. The number of nitrogens with one attached hydrogen (secondary N) is 1. The summed E-state index contributed by atoms with van der Waals surface area (Å²) in [6, 6.07) is 4.76. The maximum Gasteiger partial charge on any atom is 0.215 e. The SMILES string of the molecule is Cl.NCCCNS(=O)(=O)Cc1ccc(Cl)c(Cl)c1. The van der Waals surface area contributed by atoms with E-state index in [2.05, 4.69) is 4.72 Å². The molecule has 0 amide bonds. The Morgan fingerprint density at radius 1 is 1.22 bits per heavy atom. The van der Waals surface area contributed by atoms with Crippen LogP contribution < -0.4 is 10.5 Å². The average molecular weight is 334 g/mol. The number of sulfonamides is 1. The molecule has 0 atom stereocenters. The fourth-order valence-corrected chi connectivity index (χ4v) is 2.73. The maximum atomic E-state index is 11.6. The van der Waals surface area contributed by atoms with Gasteiger partial charge in [-0.2, -0.15) is 0 Å². The van der Waals surface area contributed by atoms with Gasteiger partial charge in [0.25, 0.3) is 0 Å². The van der Waals surface area contributed by atoms with Crippen LogP contribution in [-0.4, -0.2) is 21.5 Å². The maximum absolute atomic E-state index is 11.6. The molecule has 0 aromatic heterocycles. The number of hydrogen-bond acceptors (Lipinski definition) is 3. The Bertz CT molecular complexity index is 480. The van der Waals surface area contributed by atoms with Gasteiger partial charge in [-0.15, -0.1) is 12.4 Å². The summed E-state index contributed by atoms with van der Waals surface area (Å²) in [6.45, 7) is 0.801. The third kappa shape index (κ3) is 6.22. The van der Waals surface area contributed by atoms with Gasteiger partial charge in [0.2, 0.25) is 10.0 Å². The smallest absolute Gasteiger partial charge is 0.215 e. The molecule has 104 valence electrons. The van der Waals surface area contributed by atoms with Crippen LogP contribution in [0.5, 0.6) is 0 Å². The highest BCUT2D eigenvalue weighted by atomic mass is 35.5. The number of nitrogens with two attached hydrogens (primary N) is 1. The summed E-state index contributed by atoms with van der Waals surface area (Å²) >= 11 is 11.5. The Kier molecular flexibility index (Phi) is 8.18. The molecule has 3 N–H and O–H groups in total. The molecule has 0 aliphatic rings. The van der Waals surface area contributed by atoms with Crippen LogP contribution in [0.25, 0.3) is 0 Å². The van der Waals surface area contributed by atoms with Gasteiger partial charge in [0.15, 0.2) is 0 Å². The number of rotatable bonds is 6. The molecule has 18 heavy (non-hydrogen) atoms. The summed E-state index contributed by atoms with van der Waals surface area (Å²) in [5, 5.41) is 0.755. The minimum atomic E-state index is -3.34. The minimum absolute atomic E-state index is 0. The Morgan fingerprint density at radius 3 is 2.44 bits per heavy atom. The quantitative estimate of drug-likeness (QED) is 0.784. The topological polar surface area (TPSA) is 72.2 Å². The largest absolute Gasteiger partial charge is 0.330 e. The molecule has 4 nitrogen and oxygen atoms in total. The van der Waals surface area contributed by atoms with E-state index in [1.165, 1.54) is 0 Å².